The zero-order valence-electron chi connectivity index (χ0n) is 36.0. The van der Waals surface area contributed by atoms with E-state index in [1.165, 1.54) is 65.6 Å². The number of nitrogens with zero attached hydrogens (tertiary/aromatic N) is 4. The Morgan fingerprint density at radius 1 is 0.412 bits per heavy atom. The van der Waals surface area contributed by atoms with Crippen LogP contribution >= 0.6 is 0 Å². The summed E-state index contributed by atoms with van der Waals surface area (Å²) in [5.74, 6) is -0.746. The summed E-state index contributed by atoms with van der Waals surface area (Å²) < 4.78 is 124. The highest BCUT2D eigenvalue weighted by atomic mass is 19.4. The topological polar surface area (TPSA) is 131 Å². The normalized spacial score (nSPS) is 14.5. The Labute approximate surface area is 384 Å². The van der Waals surface area contributed by atoms with E-state index in [4.69, 9.17) is 5.73 Å². The Bertz CT molecular complexity index is 2440. The number of benzene rings is 5. The van der Waals surface area contributed by atoms with Crippen molar-refractivity contribution in [1.29, 1.82) is 0 Å². The molecule has 2 saturated heterocycles. The van der Waals surface area contributed by atoms with Crippen LogP contribution < -0.4 is 16.4 Å². The van der Waals surface area contributed by atoms with Crippen LogP contribution in [0.4, 0.5) is 70.6 Å². The number of nitrogens with one attached hydrogen (secondary N) is 2. The zero-order valence-corrected chi connectivity index (χ0v) is 36.0. The standard InChI is InChI=1S/C20H19F4N3O2.C20H20F3N3O2.C7H6F3N/c21-16-6-2-14(3-7-16)18(28)26-10-1-11-27(13-12-26)19(29)25-17-8-4-15(5-9-17)20(22,23)24;21-20(22,23)16-7-9-17(10-8-16)24-19(28)26-12-4-11-25(13-14-26)18(27)15-5-2-1-3-6-15;8-7(9,10)5-1-3-6(11)4-2-5/h2-9H,1,10-13H2,(H,25,29);1-3,5-10H,4,11-14H2,(H,24,28);1-4H,11H2. The predicted octanol–water partition coefficient (Wildman–Crippen LogP) is 10.6. The van der Waals surface area contributed by atoms with Gasteiger partial charge in [0.05, 0.1) is 16.7 Å². The van der Waals surface area contributed by atoms with Crippen LogP contribution in [-0.4, -0.2) is 95.8 Å². The first-order valence-corrected chi connectivity index (χ1v) is 20.9. The molecule has 2 fully saturated rings. The number of carbonyl (C=O) groups is 4. The molecular formula is C47H45F10N7O4. The molecule has 0 aromatic heterocycles. The minimum atomic E-state index is -4.44. The van der Waals surface area contributed by atoms with E-state index in [9.17, 15) is 63.1 Å². The van der Waals surface area contributed by atoms with E-state index in [0.29, 0.717) is 81.2 Å². The molecule has 0 aliphatic carbocycles. The second-order valence-corrected chi connectivity index (χ2v) is 15.3. The lowest BCUT2D eigenvalue weighted by Crippen LogP contribution is -2.39. The van der Waals surface area contributed by atoms with Gasteiger partial charge in [-0.2, -0.15) is 39.5 Å². The zero-order chi connectivity index (χ0) is 49.6. The van der Waals surface area contributed by atoms with Gasteiger partial charge in [0.15, 0.2) is 0 Å². The quantitative estimate of drug-likeness (QED) is 0.122. The fourth-order valence-corrected chi connectivity index (χ4v) is 6.75. The highest BCUT2D eigenvalue weighted by Crippen LogP contribution is 2.32. The molecule has 68 heavy (non-hydrogen) atoms. The van der Waals surface area contributed by atoms with Gasteiger partial charge in [0.2, 0.25) is 0 Å². The van der Waals surface area contributed by atoms with Crippen LogP contribution in [0.1, 0.15) is 50.2 Å². The number of hydrogen-bond acceptors (Lipinski definition) is 5. The van der Waals surface area contributed by atoms with Crippen LogP contribution in [0.5, 0.6) is 0 Å². The van der Waals surface area contributed by atoms with E-state index < -0.39 is 53.1 Å². The Hall–Kier alpha value is -7.32. The third-order valence-electron chi connectivity index (χ3n) is 10.4. The summed E-state index contributed by atoms with van der Waals surface area (Å²) in [5.41, 5.74) is 4.82. The number of urea groups is 2. The molecule has 5 aromatic carbocycles. The summed E-state index contributed by atoms with van der Waals surface area (Å²) in [4.78, 5) is 56.3. The number of nitrogen functional groups attached to an aromatic ring is 1. The largest absolute Gasteiger partial charge is 0.416 e. The summed E-state index contributed by atoms with van der Waals surface area (Å²) in [6.45, 7) is 3.18. The fourth-order valence-electron chi connectivity index (χ4n) is 6.75. The third-order valence-corrected chi connectivity index (χ3v) is 10.4. The maximum Gasteiger partial charge on any atom is 0.416 e. The number of hydrogen-bond donors (Lipinski definition) is 3. The van der Waals surface area contributed by atoms with E-state index in [-0.39, 0.29) is 24.0 Å². The number of anilines is 3. The molecular weight excluding hydrogens is 917 g/mol. The van der Waals surface area contributed by atoms with Crippen LogP contribution in [0.2, 0.25) is 0 Å². The fraction of sp³-hybridized carbons (Fsp3) is 0.277. The maximum atomic E-state index is 13.0. The van der Waals surface area contributed by atoms with Gasteiger partial charge in [0, 0.05) is 80.5 Å². The van der Waals surface area contributed by atoms with Crippen molar-refractivity contribution in [2.75, 3.05) is 68.7 Å². The second-order valence-electron chi connectivity index (χ2n) is 15.3. The van der Waals surface area contributed by atoms with Crippen molar-refractivity contribution in [3.05, 3.63) is 161 Å². The van der Waals surface area contributed by atoms with Gasteiger partial charge in [-0.3, -0.25) is 9.59 Å². The van der Waals surface area contributed by atoms with Crippen LogP contribution in [0.25, 0.3) is 0 Å². The Morgan fingerprint density at radius 2 is 0.735 bits per heavy atom. The first-order chi connectivity index (χ1) is 32.1. The number of carbonyl (C=O) groups excluding carboxylic acids is 4. The molecule has 5 aromatic rings. The van der Waals surface area contributed by atoms with Crippen molar-refractivity contribution in [3.63, 3.8) is 0 Å². The van der Waals surface area contributed by atoms with Crippen LogP contribution in [0.15, 0.2) is 127 Å². The van der Waals surface area contributed by atoms with Gasteiger partial charge in [-0.15, -0.1) is 0 Å². The van der Waals surface area contributed by atoms with Crippen molar-refractivity contribution in [3.8, 4) is 0 Å². The summed E-state index contributed by atoms with van der Waals surface area (Å²) in [7, 11) is 0. The number of amides is 6. The lowest BCUT2D eigenvalue weighted by Gasteiger charge is -2.22. The molecule has 21 heteroatoms. The average Bonchev–Trinajstić information content (AvgIpc) is 3.72. The lowest BCUT2D eigenvalue weighted by molar-refractivity contribution is -0.138. The van der Waals surface area contributed by atoms with E-state index >= 15 is 0 Å². The highest BCUT2D eigenvalue weighted by Gasteiger charge is 2.32. The molecule has 6 amide bonds. The van der Waals surface area contributed by atoms with E-state index in [1.54, 1.807) is 39.0 Å². The molecule has 2 aliphatic rings. The van der Waals surface area contributed by atoms with Crippen LogP contribution in [0.3, 0.4) is 0 Å². The van der Waals surface area contributed by atoms with E-state index in [2.05, 4.69) is 10.6 Å². The number of rotatable bonds is 4. The average molecular weight is 962 g/mol. The molecule has 2 aliphatic heterocycles. The molecule has 0 bridgehead atoms. The van der Waals surface area contributed by atoms with Gasteiger partial charge in [0.25, 0.3) is 11.8 Å². The molecule has 0 unspecified atom stereocenters. The minimum Gasteiger partial charge on any atom is -0.399 e. The number of halogens is 10. The van der Waals surface area contributed by atoms with E-state index in [1.807, 2.05) is 6.07 Å². The SMILES string of the molecule is Nc1ccc(C(F)(F)F)cc1.O=C(Nc1ccc(C(F)(F)F)cc1)N1CCCN(C(=O)c2ccc(F)cc2)CC1.O=C(Nc1ccc(C(F)(F)F)cc1)N1CCCN(C(=O)c2ccccc2)CC1. The molecule has 0 atom stereocenters. The van der Waals surface area contributed by atoms with Crippen LogP contribution in [0, 0.1) is 5.82 Å². The third kappa shape index (κ3) is 15.4. The predicted molar refractivity (Wildman–Crippen MR) is 234 cm³/mol. The van der Waals surface area contributed by atoms with Gasteiger partial charge in [0.1, 0.15) is 5.82 Å². The smallest absolute Gasteiger partial charge is 0.399 e. The number of alkyl halides is 9. The first-order valence-electron chi connectivity index (χ1n) is 20.9. The minimum absolute atomic E-state index is 0.0782. The summed E-state index contributed by atoms with van der Waals surface area (Å²) in [5, 5.41) is 5.18. The lowest BCUT2D eigenvalue weighted by atomic mass is 10.2. The van der Waals surface area contributed by atoms with Crippen molar-refractivity contribution >= 4 is 40.9 Å². The van der Waals surface area contributed by atoms with Crippen LogP contribution in [-0.2, 0) is 18.5 Å². The van der Waals surface area contributed by atoms with Gasteiger partial charge < -0.3 is 36.0 Å². The highest BCUT2D eigenvalue weighted by molar-refractivity contribution is 5.95. The van der Waals surface area contributed by atoms with Crippen molar-refractivity contribution in [1.82, 2.24) is 19.6 Å². The van der Waals surface area contributed by atoms with E-state index in [0.717, 1.165) is 36.4 Å². The van der Waals surface area contributed by atoms with Gasteiger partial charge >= 0.3 is 30.6 Å². The molecule has 7 rings (SSSR count). The van der Waals surface area contributed by atoms with Crippen molar-refractivity contribution in [2.45, 2.75) is 31.4 Å². The molecule has 362 valence electrons. The molecule has 11 nitrogen and oxygen atoms in total. The number of nitrogens with two attached hydrogens (primary N) is 1. The molecule has 0 radical (unpaired) electrons. The molecule has 0 spiro atoms. The summed E-state index contributed by atoms with van der Waals surface area (Å²) in [6.07, 6.45) is -11.9. The molecule has 2 heterocycles. The Kier molecular flexibility index (Phi) is 17.4. The Balaban J connectivity index is 0.000000209. The van der Waals surface area contributed by atoms with Gasteiger partial charge in [-0.25, -0.2) is 14.0 Å². The monoisotopic (exact) mass is 961 g/mol. The maximum absolute atomic E-state index is 13.0. The Morgan fingerprint density at radius 3 is 1.10 bits per heavy atom. The summed E-state index contributed by atoms with van der Waals surface area (Å²) >= 11 is 0. The second kappa shape index (κ2) is 22.9. The van der Waals surface area contributed by atoms with Crippen molar-refractivity contribution in [2.24, 2.45) is 0 Å². The molecule has 0 saturated carbocycles. The summed E-state index contributed by atoms with van der Waals surface area (Å²) in [6, 6.07) is 26.2. The first kappa shape index (κ1) is 51.7. The van der Waals surface area contributed by atoms with Crippen molar-refractivity contribution < 1.29 is 63.1 Å². The van der Waals surface area contributed by atoms with Gasteiger partial charge in [-0.1, -0.05) is 18.2 Å². The van der Waals surface area contributed by atoms with Gasteiger partial charge in [-0.05, 0) is 122 Å². The molecule has 4 N–H and O–H groups in total.